The van der Waals surface area contributed by atoms with Gasteiger partial charge >= 0.3 is 0 Å². The number of aliphatic hydroxyl groups excluding tert-OH is 1. The van der Waals surface area contributed by atoms with Gasteiger partial charge in [0.25, 0.3) is 0 Å². The number of ether oxygens (including phenoxy) is 2. The van der Waals surface area contributed by atoms with Crippen molar-refractivity contribution in [2.24, 2.45) is 11.8 Å². The molecule has 1 saturated carbocycles. The molecule has 26 heavy (non-hydrogen) atoms. The molecular weight excluding hydrogens is 334 g/mol. The molecule has 2 fully saturated rings. The Balaban J connectivity index is 1.40. The van der Waals surface area contributed by atoms with Gasteiger partial charge < -0.3 is 24.5 Å². The van der Waals surface area contributed by atoms with Crippen molar-refractivity contribution < 1.29 is 19.4 Å². The van der Waals surface area contributed by atoms with Gasteiger partial charge in [0.2, 0.25) is 5.91 Å². The molecule has 0 unspecified atom stereocenters. The molecule has 2 aliphatic rings. The zero-order valence-electron chi connectivity index (χ0n) is 14.9. The number of methoxy groups -OCH3 is 1. The molecule has 0 spiro atoms. The van der Waals surface area contributed by atoms with Crippen molar-refractivity contribution in [1.82, 2.24) is 14.9 Å². The molecule has 1 amide bonds. The summed E-state index contributed by atoms with van der Waals surface area (Å²) in [5.41, 5.74) is 1.77. The summed E-state index contributed by atoms with van der Waals surface area (Å²) in [4.78, 5) is 17.0. The van der Waals surface area contributed by atoms with Crippen molar-refractivity contribution in [3.63, 3.8) is 0 Å². The van der Waals surface area contributed by atoms with Crippen molar-refractivity contribution in [1.29, 1.82) is 0 Å². The molecule has 2 heterocycles. The lowest BCUT2D eigenvalue weighted by Crippen LogP contribution is -2.62. The van der Waals surface area contributed by atoms with Crippen LogP contribution in [0.25, 0.3) is 11.0 Å². The van der Waals surface area contributed by atoms with Gasteiger partial charge in [-0.2, -0.15) is 0 Å². The first-order chi connectivity index (χ1) is 12.7. The zero-order valence-corrected chi connectivity index (χ0v) is 14.9. The van der Waals surface area contributed by atoms with Crippen LogP contribution in [0.4, 0.5) is 0 Å². The van der Waals surface area contributed by atoms with Crippen molar-refractivity contribution >= 4 is 16.9 Å². The van der Waals surface area contributed by atoms with Crippen molar-refractivity contribution in [3.05, 3.63) is 30.1 Å². The number of aliphatic hydroxyl groups is 1. The van der Waals surface area contributed by atoms with E-state index < -0.39 is 0 Å². The number of nitrogens with one attached hydrogen (secondary N) is 1. The number of rotatable bonds is 7. The number of para-hydroxylation sites is 2. The van der Waals surface area contributed by atoms with Gasteiger partial charge in [0.1, 0.15) is 12.4 Å². The summed E-state index contributed by atoms with van der Waals surface area (Å²) in [6.07, 6.45) is 1.57. The van der Waals surface area contributed by atoms with E-state index in [2.05, 4.69) is 10.3 Å². The average molecular weight is 359 g/mol. The third-order valence-electron chi connectivity index (χ3n) is 5.65. The van der Waals surface area contributed by atoms with E-state index in [1.165, 1.54) is 0 Å². The topological polar surface area (TPSA) is 85.6 Å². The Morgan fingerprint density at radius 1 is 1.46 bits per heavy atom. The van der Waals surface area contributed by atoms with Crippen molar-refractivity contribution in [2.45, 2.75) is 38.1 Å². The normalized spacial score (nSPS) is 27.3. The fourth-order valence-corrected chi connectivity index (χ4v) is 4.40. The maximum atomic E-state index is 12.5. The third kappa shape index (κ3) is 3.00. The number of nitrogens with zero attached hydrogens (tertiary/aromatic N) is 2. The predicted octanol–water partition coefficient (Wildman–Crippen LogP) is 1.08. The molecule has 4 atom stereocenters. The Kier molecular flexibility index (Phi) is 4.93. The van der Waals surface area contributed by atoms with E-state index in [9.17, 15) is 9.90 Å². The molecular formula is C19H25N3O4. The number of benzene rings is 1. The Labute approximate surface area is 152 Å². The third-order valence-corrected chi connectivity index (χ3v) is 5.65. The lowest BCUT2D eigenvalue weighted by Gasteiger charge is -2.47. The quantitative estimate of drug-likeness (QED) is 0.773. The number of hydrogen-bond donors (Lipinski definition) is 2. The minimum atomic E-state index is -0.143. The highest BCUT2D eigenvalue weighted by Crippen LogP contribution is 2.43. The van der Waals surface area contributed by atoms with E-state index in [4.69, 9.17) is 9.47 Å². The van der Waals surface area contributed by atoms with Crippen molar-refractivity contribution in [2.75, 3.05) is 20.3 Å². The number of carbonyl (C=O) groups excluding carboxylic acids is 1. The largest absolute Gasteiger partial charge is 0.388 e. The number of fused-ring (bicyclic) bond motifs is 2. The summed E-state index contributed by atoms with van der Waals surface area (Å²) in [6, 6.07) is 7.85. The first-order valence-corrected chi connectivity index (χ1v) is 9.18. The number of carbonyl (C=O) groups is 1. The predicted molar refractivity (Wildman–Crippen MR) is 95.4 cm³/mol. The molecule has 2 N–H and O–H groups in total. The van der Waals surface area contributed by atoms with E-state index in [0.717, 1.165) is 24.1 Å². The van der Waals surface area contributed by atoms with Crippen molar-refractivity contribution in [3.8, 4) is 0 Å². The van der Waals surface area contributed by atoms with Crippen LogP contribution in [0.5, 0.6) is 0 Å². The van der Waals surface area contributed by atoms with Crippen LogP contribution in [0, 0.1) is 11.8 Å². The van der Waals surface area contributed by atoms with Crippen LogP contribution in [-0.4, -0.2) is 53.0 Å². The van der Waals surface area contributed by atoms with Gasteiger partial charge in [-0.3, -0.25) is 4.79 Å². The monoisotopic (exact) mass is 359 g/mol. The van der Waals surface area contributed by atoms with Crippen LogP contribution in [0.1, 0.15) is 18.7 Å². The molecule has 0 radical (unpaired) electrons. The fourth-order valence-electron chi connectivity index (χ4n) is 4.40. The van der Waals surface area contributed by atoms with Crippen LogP contribution in [0.2, 0.25) is 0 Å². The van der Waals surface area contributed by atoms with Gasteiger partial charge in [-0.25, -0.2) is 4.98 Å². The minimum absolute atomic E-state index is 0.0168. The first kappa shape index (κ1) is 17.5. The second-order valence-corrected chi connectivity index (χ2v) is 7.08. The Hall–Kier alpha value is -1.96. The summed E-state index contributed by atoms with van der Waals surface area (Å²) in [6.45, 7) is 1.72. The summed E-state index contributed by atoms with van der Waals surface area (Å²) < 4.78 is 13.0. The molecule has 1 aromatic carbocycles. The average Bonchev–Trinajstić information content (AvgIpc) is 3.24. The fraction of sp³-hybridized carbons (Fsp3) is 0.579. The van der Waals surface area contributed by atoms with Gasteiger partial charge in [-0.05, 0) is 18.6 Å². The summed E-state index contributed by atoms with van der Waals surface area (Å²) in [5.74, 6) is 1.24. The number of amides is 1. The SMILES string of the molecule is COC[C@H]1[C@H](NC(=O)CCn2c(CO)nc3ccccc32)[C@H]2CCO[C@H]21. The number of aromatic nitrogens is 2. The maximum absolute atomic E-state index is 12.5. The van der Waals surface area contributed by atoms with E-state index in [1.807, 2.05) is 28.8 Å². The standard InChI is InChI=1S/C19H25N3O4/c1-25-11-13-18(12-7-9-26-19(12)13)21-17(24)6-8-22-15-5-3-2-4-14(15)20-16(22)10-23/h2-5,12-13,18-19,23H,6-11H2,1H3,(H,21,24)/t12-,13+,18-,19-/m1/s1. The van der Waals surface area contributed by atoms with Crippen LogP contribution in [0.3, 0.4) is 0 Å². The smallest absolute Gasteiger partial charge is 0.222 e. The molecule has 4 rings (SSSR count). The van der Waals surface area contributed by atoms with Gasteiger partial charge in [0.15, 0.2) is 0 Å². The molecule has 140 valence electrons. The molecule has 1 aromatic heterocycles. The molecule has 1 saturated heterocycles. The minimum Gasteiger partial charge on any atom is -0.388 e. The van der Waals surface area contributed by atoms with E-state index in [-0.39, 0.29) is 30.6 Å². The number of hydrogen-bond acceptors (Lipinski definition) is 5. The number of imidazole rings is 1. The first-order valence-electron chi connectivity index (χ1n) is 9.18. The summed E-state index contributed by atoms with van der Waals surface area (Å²) >= 11 is 0. The van der Waals surface area contributed by atoms with E-state index in [1.54, 1.807) is 7.11 Å². The maximum Gasteiger partial charge on any atom is 0.222 e. The van der Waals surface area contributed by atoms with E-state index in [0.29, 0.717) is 31.3 Å². The van der Waals surface area contributed by atoms with E-state index >= 15 is 0 Å². The summed E-state index contributed by atoms with van der Waals surface area (Å²) in [7, 11) is 1.68. The second kappa shape index (κ2) is 7.34. The molecule has 1 aliphatic heterocycles. The van der Waals surface area contributed by atoms with Gasteiger partial charge in [0, 0.05) is 44.6 Å². The second-order valence-electron chi connectivity index (χ2n) is 7.08. The van der Waals surface area contributed by atoms with Crippen LogP contribution >= 0.6 is 0 Å². The lowest BCUT2D eigenvalue weighted by molar-refractivity contribution is -0.130. The Bertz CT molecular complexity index is 790. The molecule has 0 bridgehead atoms. The molecule has 7 heteroatoms. The lowest BCUT2D eigenvalue weighted by atomic mass is 9.67. The zero-order chi connectivity index (χ0) is 18.1. The Morgan fingerprint density at radius 3 is 3.12 bits per heavy atom. The van der Waals surface area contributed by atoms with Gasteiger partial charge in [0.05, 0.1) is 23.7 Å². The highest BCUT2D eigenvalue weighted by Gasteiger charge is 2.54. The molecule has 2 aromatic rings. The van der Waals surface area contributed by atoms with Gasteiger partial charge in [-0.1, -0.05) is 12.1 Å². The van der Waals surface area contributed by atoms with Crippen LogP contribution < -0.4 is 5.32 Å². The molecule has 7 nitrogen and oxygen atoms in total. The van der Waals surface area contributed by atoms with Gasteiger partial charge in [-0.15, -0.1) is 0 Å². The van der Waals surface area contributed by atoms with Crippen LogP contribution in [-0.2, 0) is 27.4 Å². The summed E-state index contributed by atoms with van der Waals surface area (Å²) in [5, 5.41) is 12.7. The highest BCUT2D eigenvalue weighted by molar-refractivity contribution is 5.78. The number of aryl methyl sites for hydroxylation is 1. The highest BCUT2D eigenvalue weighted by atomic mass is 16.5. The Morgan fingerprint density at radius 2 is 2.31 bits per heavy atom. The molecule has 1 aliphatic carbocycles. The van der Waals surface area contributed by atoms with Crippen LogP contribution in [0.15, 0.2) is 24.3 Å².